The van der Waals surface area contributed by atoms with Crippen LogP contribution in [0.15, 0.2) is 23.2 Å². The van der Waals surface area contributed by atoms with Gasteiger partial charge in [-0.15, -0.1) is 0 Å². The zero-order valence-corrected chi connectivity index (χ0v) is 19.0. The van der Waals surface area contributed by atoms with Crippen molar-refractivity contribution >= 4 is 5.96 Å². The number of nitrogens with one attached hydrogen (secondary N) is 1. The number of hydrogen-bond acceptors (Lipinski definition) is 6. The summed E-state index contributed by atoms with van der Waals surface area (Å²) in [6.45, 7) is 6.41. The lowest BCUT2D eigenvalue weighted by atomic mass is 10.1. The Morgan fingerprint density at radius 1 is 1.19 bits per heavy atom. The standard InChI is InChI=1S/C23H37N3O5/c1-4-24-23(25-15-22(27)17-12-20(28-2)14-21(13-17)29-3)26-9-7-18(8-10-26)31-16-19-6-5-11-30-19/h12-14,18-19,22,27H,4-11,15-16H2,1-3H3,(H,24,25). The molecule has 0 aliphatic carbocycles. The van der Waals surface area contributed by atoms with Gasteiger partial charge in [0.05, 0.1) is 45.7 Å². The number of aliphatic imine (C=N–C) groups is 1. The van der Waals surface area contributed by atoms with Crippen molar-refractivity contribution in [1.29, 1.82) is 0 Å². The van der Waals surface area contributed by atoms with E-state index in [4.69, 9.17) is 23.9 Å². The molecule has 0 aromatic heterocycles. The highest BCUT2D eigenvalue weighted by atomic mass is 16.5. The molecule has 2 heterocycles. The summed E-state index contributed by atoms with van der Waals surface area (Å²) in [5, 5.41) is 14.0. The summed E-state index contributed by atoms with van der Waals surface area (Å²) in [6.07, 6.45) is 3.98. The predicted octanol–water partition coefficient (Wildman–Crippen LogP) is 2.36. The van der Waals surface area contributed by atoms with Crippen LogP contribution >= 0.6 is 0 Å². The fourth-order valence-electron chi connectivity index (χ4n) is 3.98. The van der Waals surface area contributed by atoms with Gasteiger partial charge in [-0.3, -0.25) is 4.99 Å². The zero-order valence-electron chi connectivity index (χ0n) is 19.0. The molecule has 0 spiro atoms. The van der Waals surface area contributed by atoms with Crippen LogP contribution in [0, 0.1) is 0 Å². The number of piperidine rings is 1. The van der Waals surface area contributed by atoms with E-state index in [0.717, 1.165) is 63.4 Å². The first kappa shape index (κ1) is 23.6. The molecule has 0 saturated carbocycles. The third kappa shape index (κ3) is 6.98. The zero-order chi connectivity index (χ0) is 22.1. The van der Waals surface area contributed by atoms with Crippen molar-refractivity contribution in [3.63, 3.8) is 0 Å². The number of methoxy groups -OCH3 is 2. The summed E-state index contributed by atoms with van der Waals surface area (Å²) in [4.78, 5) is 6.94. The maximum Gasteiger partial charge on any atom is 0.194 e. The van der Waals surface area contributed by atoms with Crippen molar-refractivity contribution in [1.82, 2.24) is 10.2 Å². The second kappa shape index (κ2) is 12.1. The number of nitrogens with zero attached hydrogens (tertiary/aromatic N) is 2. The topological polar surface area (TPSA) is 84.8 Å². The Hall–Kier alpha value is -2.03. The molecule has 31 heavy (non-hydrogen) atoms. The van der Waals surface area contributed by atoms with E-state index >= 15 is 0 Å². The average molecular weight is 436 g/mol. The number of benzene rings is 1. The van der Waals surface area contributed by atoms with Crippen LogP contribution in [-0.4, -0.2) is 81.8 Å². The number of aliphatic hydroxyl groups excluding tert-OH is 1. The van der Waals surface area contributed by atoms with Gasteiger partial charge in [0.2, 0.25) is 0 Å². The van der Waals surface area contributed by atoms with Crippen LogP contribution in [0.4, 0.5) is 0 Å². The third-order valence-corrected chi connectivity index (χ3v) is 5.79. The molecule has 8 heteroatoms. The van der Waals surface area contributed by atoms with Gasteiger partial charge in [-0.2, -0.15) is 0 Å². The Kier molecular flexibility index (Phi) is 9.24. The van der Waals surface area contributed by atoms with Crippen molar-refractivity contribution in [2.24, 2.45) is 4.99 Å². The van der Waals surface area contributed by atoms with E-state index in [1.807, 2.05) is 12.1 Å². The van der Waals surface area contributed by atoms with Crippen molar-refractivity contribution in [2.75, 3.05) is 53.6 Å². The van der Waals surface area contributed by atoms with Crippen LogP contribution < -0.4 is 14.8 Å². The molecule has 2 fully saturated rings. The molecule has 2 aliphatic heterocycles. The van der Waals surface area contributed by atoms with Gasteiger partial charge in [-0.1, -0.05) is 0 Å². The second-order valence-corrected chi connectivity index (χ2v) is 8.01. The van der Waals surface area contributed by atoms with Crippen molar-refractivity contribution in [3.05, 3.63) is 23.8 Å². The molecule has 2 atom stereocenters. The van der Waals surface area contributed by atoms with E-state index in [2.05, 4.69) is 17.1 Å². The van der Waals surface area contributed by atoms with Crippen molar-refractivity contribution in [2.45, 2.75) is 50.9 Å². The Labute approximate surface area is 185 Å². The summed E-state index contributed by atoms with van der Waals surface area (Å²) >= 11 is 0. The third-order valence-electron chi connectivity index (χ3n) is 5.79. The van der Waals surface area contributed by atoms with Gasteiger partial charge in [-0.05, 0) is 50.3 Å². The first-order valence-electron chi connectivity index (χ1n) is 11.3. The van der Waals surface area contributed by atoms with E-state index in [1.54, 1.807) is 20.3 Å². The smallest absolute Gasteiger partial charge is 0.194 e. The predicted molar refractivity (Wildman–Crippen MR) is 120 cm³/mol. The van der Waals surface area contributed by atoms with Gasteiger partial charge in [-0.25, -0.2) is 0 Å². The first-order chi connectivity index (χ1) is 15.1. The number of rotatable bonds is 9. The molecule has 0 radical (unpaired) electrons. The Balaban J connectivity index is 1.54. The van der Waals surface area contributed by atoms with Crippen LogP contribution in [-0.2, 0) is 9.47 Å². The van der Waals surface area contributed by atoms with Crippen LogP contribution in [0.3, 0.4) is 0 Å². The second-order valence-electron chi connectivity index (χ2n) is 8.01. The minimum absolute atomic E-state index is 0.258. The summed E-state index contributed by atoms with van der Waals surface area (Å²) in [7, 11) is 3.20. The molecule has 2 aliphatic rings. The van der Waals surface area contributed by atoms with E-state index in [1.165, 1.54) is 0 Å². The van der Waals surface area contributed by atoms with Gasteiger partial charge in [0.25, 0.3) is 0 Å². The van der Waals surface area contributed by atoms with Gasteiger partial charge in [0.1, 0.15) is 11.5 Å². The summed E-state index contributed by atoms with van der Waals surface area (Å²) < 4.78 is 22.3. The normalized spacial score (nSPS) is 21.2. The molecule has 2 saturated heterocycles. The van der Waals surface area contributed by atoms with Gasteiger partial charge < -0.3 is 34.3 Å². The molecule has 8 nitrogen and oxygen atoms in total. The lowest BCUT2D eigenvalue weighted by Crippen LogP contribution is -2.47. The average Bonchev–Trinajstić information content (AvgIpc) is 3.34. The van der Waals surface area contributed by atoms with Crippen LogP contribution in [0.2, 0.25) is 0 Å². The molecule has 1 aromatic rings. The molecule has 2 unspecified atom stereocenters. The Morgan fingerprint density at radius 2 is 1.90 bits per heavy atom. The number of likely N-dealkylation sites (tertiary alicyclic amines) is 1. The highest BCUT2D eigenvalue weighted by molar-refractivity contribution is 5.80. The van der Waals surface area contributed by atoms with E-state index in [-0.39, 0.29) is 18.8 Å². The molecular weight excluding hydrogens is 398 g/mol. The van der Waals surface area contributed by atoms with Gasteiger partial charge in [0.15, 0.2) is 5.96 Å². The molecular formula is C23H37N3O5. The molecule has 174 valence electrons. The van der Waals surface area contributed by atoms with E-state index in [9.17, 15) is 5.11 Å². The quantitative estimate of drug-likeness (QED) is 0.455. The number of hydrogen-bond donors (Lipinski definition) is 2. The first-order valence-corrected chi connectivity index (χ1v) is 11.3. The number of guanidine groups is 1. The molecule has 2 N–H and O–H groups in total. The van der Waals surface area contributed by atoms with Crippen molar-refractivity contribution in [3.8, 4) is 11.5 Å². The summed E-state index contributed by atoms with van der Waals surface area (Å²) in [6, 6.07) is 5.41. The van der Waals surface area contributed by atoms with Crippen LogP contribution in [0.25, 0.3) is 0 Å². The lowest BCUT2D eigenvalue weighted by Gasteiger charge is -2.34. The van der Waals surface area contributed by atoms with E-state index in [0.29, 0.717) is 18.1 Å². The molecule has 0 bridgehead atoms. The summed E-state index contributed by atoms with van der Waals surface area (Å²) in [5.41, 5.74) is 0.719. The highest BCUT2D eigenvalue weighted by Crippen LogP contribution is 2.26. The maximum absolute atomic E-state index is 10.7. The number of ether oxygens (including phenoxy) is 4. The van der Waals surface area contributed by atoms with Gasteiger partial charge >= 0.3 is 0 Å². The molecule has 0 amide bonds. The minimum Gasteiger partial charge on any atom is -0.497 e. The van der Waals surface area contributed by atoms with Crippen LogP contribution in [0.5, 0.6) is 11.5 Å². The molecule has 1 aromatic carbocycles. The van der Waals surface area contributed by atoms with Crippen LogP contribution in [0.1, 0.15) is 44.3 Å². The van der Waals surface area contributed by atoms with Gasteiger partial charge in [0, 0.05) is 32.3 Å². The van der Waals surface area contributed by atoms with E-state index < -0.39 is 6.10 Å². The Bertz CT molecular complexity index is 678. The number of aliphatic hydroxyl groups is 1. The summed E-state index contributed by atoms with van der Waals surface area (Å²) in [5.74, 6) is 2.12. The molecule has 3 rings (SSSR count). The maximum atomic E-state index is 10.7. The monoisotopic (exact) mass is 435 g/mol. The largest absolute Gasteiger partial charge is 0.497 e. The fourth-order valence-corrected chi connectivity index (χ4v) is 3.98. The van der Waals surface area contributed by atoms with Crippen molar-refractivity contribution < 1.29 is 24.1 Å². The highest BCUT2D eigenvalue weighted by Gasteiger charge is 2.24. The SMILES string of the molecule is CCNC(=NCC(O)c1cc(OC)cc(OC)c1)N1CCC(OCC2CCCO2)CC1. The lowest BCUT2D eigenvalue weighted by molar-refractivity contribution is -0.0367. The minimum atomic E-state index is -0.745. The Morgan fingerprint density at radius 3 is 2.48 bits per heavy atom. The fraction of sp³-hybridized carbons (Fsp3) is 0.696.